The second kappa shape index (κ2) is 12.8. The van der Waals surface area contributed by atoms with E-state index < -0.39 is 11.7 Å². The van der Waals surface area contributed by atoms with Crippen LogP contribution in [0.1, 0.15) is 62.2 Å². The number of carbonyl (C=O) groups is 1. The Morgan fingerprint density at radius 2 is 1.90 bits per heavy atom. The molecule has 0 aliphatic carbocycles. The number of amidine groups is 1. The van der Waals surface area contributed by atoms with Gasteiger partial charge in [0.05, 0.1) is 18.8 Å². The van der Waals surface area contributed by atoms with Crippen LogP contribution in [0.4, 0.5) is 18.9 Å². The summed E-state index contributed by atoms with van der Waals surface area (Å²) in [5.41, 5.74) is 1.48. The number of benzene rings is 1. The van der Waals surface area contributed by atoms with E-state index in [0.29, 0.717) is 63.0 Å². The Bertz CT molecular complexity index is 1260. The smallest absolute Gasteiger partial charge is 0.378 e. The van der Waals surface area contributed by atoms with Crippen LogP contribution in [0.3, 0.4) is 0 Å². The Hall–Kier alpha value is -3.49. The third kappa shape index (κ3) is 6.29. The van der Waals surface area contributed by atoms with Crippen LogP contribution in [-0.2, 0) is 15.7 Å². The summed E-state index contributed by atoms with van der Waals surface area (Å²) >= 11 is 0. The number of carbonyl (C=O) groups excluding carboxylic acids is 1. The zero-order chi connectivity index (χ0) is 28.9. The van der Waals surface area contributed by atoms with E-state index in [4.69, 9.17) is 4.74 Å². The highest BCUT2D eigenvalue weighted by atomic mass is 19.4. The van der Waals surface area contributed by atoms with E-state index in [1.54, 1.807) is 24.3 Å². The summed E-state index contributed by atoms with van der Waals surface area (Å²) in [6, 6.07) is 11.0. The van der Waals surface area contributed by atoms with E-state index in [2.05, 4.69) is 40.5 Å². The van der Waals surface area contributed by atoms with Crippen LogP contribution in [0, 0.1) is 11.3 Å². The quantitative estimate of drug-likeness (QED) is 0.279. The summed E-state index contributed by atoms with van der Waals surface area (Å²) in [5.74, 6) is 0.424. The molecule has 2 aromatic rings. The third-order valence-corrected chi connectivity index (χ3v) is 7.88. The summed E-state index contributed by atoms with van der Waals surface area (Å²) in [4.78, 5) is 26.5. The first-order valence-corrected chi connectivity index (χ1v) is 13.7. The van der Waals surface area contributed by atoms with E-state index in [1.807, 2.05) is 11.0 Å². The molecule has 0 bridgehead atoms. The lowest BCUT2D eigenvalue weighted by Gasteiger charge is -2.50. The highest BCUT2D eigenvalue weighted by molar-refractivity contribution is 6.00. The van der Waals surface area contributed by atoms with E-state index in [0.717, 1.165) is 18.4 Å². The van der Waals surface area contributed by atoms with Gasteiger partial charge in [-0.2, -0.15) is 23.4 Å². The van der Waals surface area contributed by atoms with E-state index in [9.17, 15) is 23.2 Å². The third-order valence-electron chi connectivity index (χ3n) is 7.88. The molecular weight excluding hydrogens is 521 g/mol. The zero-order valence-electron chi connectivity index (χ0n) is 23.1. The summed E-state index contributed by atoms with van der Waals surface area (Å²) in [6.07, 6.45) is -2.40. The molecule has 1 aromatic heterocycles. The van der Waals surface area contributed by atoms with Gasteiger partial charge in [-0.05, 0) is 49.6 Å². The first-order chi connectivity index (χ1) is 19.2. The van der Waals surface area contributed by atoms with Crippen LogP contribution < -0.4 is 4.90 Å². The molecule has 0 spiro atoms. The van der Waals surface area contributed by atoms with Crippen molar-refractivity contribution in [1.82, 2.24) is 14.8 Å². The molecule has 4 rings (SSSR count). The summed E-state index contributed by atoms with van der Waals surface area (Å²) in [6.45, 7) is 9.37. The van der Waals surface area contributed by atoms with Gasteiger partial charge in [-0.1, -0.05) is 26.0 Å². The summed E-state index contributed by atoms with van der Waals surface area (Å²) in [7, 11) is 0. The fraction of sp³-hybridized carbons (Fsp3) is 0.517. The summed E-state index contributed by atoms with van der Waals surface area (Å²) < 4.78 is 46.5. The number of piperazine rings is 1. The lowest BCUT2D eigenvalue weighted by atomic mass is 9.94. The van der Waals surface area contributed by atoms with Gasteiger partial charge in [0.2, 0.25) is 6.41 Å². The molecule has 1 unspecified atom stereocenters. The van der Waals surface area contributed by atoms with Crippen molar-refractivity contribution in [3.05, 3.63) is 58.9 Å². The molecule has 0 saturated carbocycles. The van der Waals surface area contributed by atoms with Crippen molar-refractivity contribution in [2.24, 2.45) is 4.99 Å². The largest absolute Gasteiger partial charge is 0.416 e. The predicted molar refractivity (Wildman–Crippen MR) is 146 cm³/mol. The minimum atomic E-state index is -4.43. The molecule has 0 N–H and O–H groups in total. The number of rotatable bonds is 7. The first kappa shape index (κ1) is 29.5. The number of amides is 1. The number of nitrogens with zero attached hydrogens (tertiary/aromatic N) is 6. The van der Waals surface area contributed by atoms with Crippen LogP contribution >= 0.6 is 0 Å². The molecule has 3 atom stereocenters. The highest BCUT2D eigenvalue weighted by Crippen LogP contribution is 2.39. The standard InChI is InChI=1S/C29H35F3N6O2/c1-4-23-18-38(28(34-19-39)26-8-6-7-22(16-33)35-26)24(5-2)17-37(23)20(3)25-10-9-21(29(30,31)32)15-27(25)36-11-13-40-14-12-36/h6-10,15,19-20,23-24H,4-5,11-14,17-18H2,1-3H3/t20?,23-,24+/m1/s1. The number of alkyl halides is 3. The number of morpholine rings is 1. The fourth-order valence-electron chi connectivity index (χ4n) is 5.71. The number of nitriles is 1. The maximum absolute atomic E-state index is 13.7. The second-order valence-corrected chi connectivity index (χ2v) is 10.1. The number of hydrogen-bond donors (Lipinski definition) is 0. The molecule has 1 aromatic carbocycles. The van der Waals surface area contributed by atoms with E-state index in [-0.39, 0.29) is 23.8 Å². The van der Waals surface area contributed by atoms with Gasteiger partial charge in [-0.3, -0.25) is 9.69 Å². The van der Waals surface area contributed by atoms with Crippen molar-refractivity contribution >= 4 is 17.9 Å². The number of aliphatic imine (C=N–C) groups is 1. The molecule has 3 heterocycles. The van der Waals surface area contributed by atoms with Crippen LogP contribution in [0.2, 0.25) is 0 Å². The molecule has 2 fully saturated rings. The lowest BCUT2D eigenvalue weighted by Crippen LogP contribution is -2.60. The maximum atomic E-state index is 13.7. The van der Waals surface area contributed by atoms with Gasteiger partial charge in [-0.15, -0.1) is 0 Å². The second-order valence-electron chi connectivity index (χ2n) is 10.1. The van der Waals surface area contributed by atoms with Gasteiger partial charge in [0.1, 0.15) is 17.5 Å². The Balaban J connectivity index is 1.69. The number of ether oxygens (including phenoxy) is 1. The van der Waals surface area contributed by atoms with E-state index >= 15 is 0 Å². The van der Waals surface area contributed by atoms with Gasteiger partial charge < -0.3 is 14.5 Å². The maximum Gasteiger partial charge on any atom is 0.416 e. The monoisotopic (exact) mass is 556 g/mol. The number of anilines is 1. The molecule has 40 heavy (non-hydrogen) atoms. The van der Waals surface area contributed by atoms with Crippen LogP contribution in [0.25, 0.3) is 0 Å². The zero-order valence-corrected chi connectivity index (χ0v) is 23.1. The molecule has 214 valence electrons. The number of aromatic nitrogens is 1. The highest BCUT2D eigenvalue weighted by Gasteiger charge is 2.39. The minimum Gasteiger partial charge on any atom is -0.378 e. The summed E-state index contributed by atoms with van der Waals surface area (Å²) in [5, 5.41) is 9.33. The predicted octanol–water partition coefficient (Wildman–Crippen LogP) is 4.65. The van der Waals surface area contributed by atoms with Crippen molar-refractivity contribution in [2.75, 3.05) is 44.3 Å². The molecule has 0 radical (unpaired) electrons. The Kier molecular flexibility index (Phi) is 9.43. The molecule has 2 saturated heterocycles. The van der Waals surface area contributed by atoms with Crippen molar-refractivity contribution < 1.29 is 22.7 Å². The Labute approximate surface area is 233 Å². The molecular formula is C29H35F3N6O2. The van der Waals surface area contributed by atoms with Crippen molar-refractivity contribution in [3.8, 4) is 6.07 Å². The van der Waals surface area contributed by atoms with E-state index in [1.165, 1.54) is 12.1 Å². The van der Waals surface area contributed by atoms with Crippen LogP contribution in [-0.4, -0.2) is 78.5 Å². The normalized spacial score (nSPS) is 21.7. The van der Waals surface area contributed by atoms with Crippen LogP contribution in [0.15, 0.2) is 41.4 Å². The number of hydrogen-bond acceptors (Lipinski definition) is 6. The van der Waals surface area contributed by atoms with Gasteiger partial charge in [-0.25, -0.2) is 4.98 Å². The number of pyridine rings is 1. The van der Waals surface area contributed by atoms with Gasteiger partial charge >= 0.3 is 6.18 Å². The van der Waals surface area contributed by atoms with Crippen molar-refractivity contribution in [2.45, 2.75) is 57.9 Å². The van der Waals surface area contributed by atoms with Crippen molar-refractivity contribution in [1.29, 1.82) is 5.26 Å². The Morgan fingerprint density at radius 1 is 1.18 bits per heavy atom. The van der Waals surface area contributed by atoms with Crippen molar-refractivity contribution in [3.63, 3.8) is 0 Å². The first-order valence-electron chi connectivity index (χ1n) is 13.7. The SMILES string of the molecule is CC[C@H]1CN(C(C)c2ccc(C(F)(F)F)cc2N2CCOCC2)[C@H](CC)CN1C(=NC=O)c1cccc(C#N)n1. The molecule has 11 heteroatoms. The molecule has 2 aliphatic rings. The number of halogens is 3. The average Bonchev–Trinajstić information content (AvgIpc) is 2.98. The van der Waals surface area contributed by atoms with Gasteiger partial charge in [0.25, 0.3) is 0 Å². The molecule has 8 nitrogen and oxygen atoms in total. The van der Waals surface area contributed by atoms with Gasteiger partial charge in [0.15, 0.2) is 5.84 Å². The molecule has 1 amide bonds. The fourth-order valence-corrected chi connectivity index (χ4v) is 5.71. The van der Waals surface area contributed by atoms with Crippen LogP contribution in [0.5, 0.6) is 0 Å². The topological polar surface area (TPSA) is 85.1 Å². The molecule has 2 aliphatic heterocycles. The Morgan fingerprint density at radius 3 is 2.52 bits per heavy atom. The average molecular weight is 557 g/mol. The lowest BCUT2D eigenvalue weighted by molar-refractivity contribution is -0.137. The minimum absolute atomic E-state index is 0.0298. The van der Waals surface area contributed by atoms with Gasteiger partial charge in [0, 0.05) is 50.0 Å².